The molecule has 1 aromatic carbocycles. The van der Waals surface area contributed by atoms with Crippen molar-refractivity contribution >= 4 is 23.6 Å². The summed E-state index contributed by atoms with van der Waals surface area (Å²) >= 11 is 0. The fourth-order valence-corrected chi connectivity index (χ4v) is 12.1. The van der Waals surface area contributed by atoms with Crippen LogP contribution in [0.2, 0.25) is 0 Å². The van der Waals surface area contributed by atoms with Crippen LogP contribution in [0.1, 0.15) is 115 Å². The minimum Gasteiger partial charge on any atom is -0.283 e. The second-order valence-corrected chi connectivity index (χ2v) is 15.0. The Morgan fingerprint density at radius 3 is 1.67 bits per heavy atom. The maximum Gasteiger partial charge on any atom is 0.236 e. The minimum absolute atomic E-state index is 0.291. The lowest BCUT2D eigenvalue weighted by Gasteiger charge is -2.38. The van der Waals surface area contributed by atoms with Crippen LogP contribution in [0, 0.1) is 0 Å². The van der Waals surface area contributed by atoms with Crippen molar-refractivity contribution in [1.29, 1.82) is 0 Å². The molecule has 0 amide bonds. The lowest BCUT2D eigenvalue weighted by molar-refractivity contribution is 0.485. The van der Waals surface area contributed by atoms with E-state index < -0.39 is 17.9 Å². The molecule has 3 rings (SSSR count). The summed E-state index contributed by atoms with van der Waals surface area (Å²) < 4.78 is 30.2. The lowest BCUT2D eigenvalue weighted by Crippen LogP contribution is -2.27. The molecule has 0 heterocycles. The number of sulfonamides is 1. The second-order valence-electron chi connectivity index (χ2n) is 10.1. The molecular formula is C25H42NO2PS. The van der Waals surface area contributed by atoms with Crippen LogP contribution in [0.3, 0.4) is 0 Å². The Labute approximate surface area is 186 Å². The van der Waals surface area contributed by atoms with Gasteiger partial charge < -0.3 is 0 Å². The van der Waals surface area contributed by atoms with Crippen molar-refractivity contribution in [3.05, 3.63) is 29.3 Å². The molecule has 0 atom stereocenters. The average molecular weight is 452 g/mol. The molecule has 2 fully saturated rings. The monoisotopic (exact) mass is 451 g/mol. The van der Waals surface area contributed by atoms with Crippen LogP contribution in [0.5, 0.6) is 0 Å². The van der Waals surface area contributed by atoms with Crippen molar-refractivity contribution in [1.82, 2.24) is 0 Å². The fourth-order valence-electron chi connectivity index (χ4n) is 5.39. The normalized spacial score (nSPS) is 19.7. The summed E-state index contributed by atoms with van der Waals surface area (Å²) in [5, 5.41) is 0. The first-order valence-electron chi connectivity index (χ1n) is 12.2. The third-order valence-corrected chi connectivity index (χ3v) is 13.0. The molecule has 1 N–H and O–H groups in total. The van der Waals surface area contributed by atoms with Gasteiger partial charge in [-0.1, -0.05) is 92.3 Å². The summed E-state index contributed by atoms with van der Waals surface area (Å²) in [4.78, 5) is 0. The van der Waals surface area contributed by atoms with E-state index in [9.17, 15) is 8.42 Å². The van der Waals surface area contributed by atoms with E-state index in [1.54, 1.807) is 0 Å². The smallest absolute Gasteiger partial charge is 0.236 e. The van der Waals surface area contributed by atoms with E-state index in [0.29, 0.717) is 28.6 Å². The Morgan fingerprint density at radius 1 is 0.833 bits per heavy atom. The molecule has 3 nitrogen and oxygen atoms in total. The van der Waals surface area contributed by atoms with Crippen molar-refractivity contribution in [3.8, 4) is 0 Å². The number of hydrogen-bond donors (Lipinski definition) is 1. The van der Waals surface area contributed by atoms with Gasteiger partial charge in [-0.25, -0.2) is 8.42 Å². The van der Waals surface area contributed by atoms with Crippen LogP contribution in [0.25, 0.3) is 0 Å². The molecular weight excluding hydrogens is 409 g/mol. The van der Waals surface area contributed by atoms with E-state index in [-0.39, 0.29) is 0 Å². The highest BCUT2D eigenvalue weighted by molar-refractivity contribution is 7.99. The molecule has 1 aromatic rings. The molecule has 0 aliphatic heterocycles. The minimum atomic E-state index is -3.37. The van der Waals surface area contributed by atoms with Crippen molar-refractivity contribution < 1.29 is 8.42 Å². The summed E-state index contributed by atoms with van der Waals surface area (Å²) in [5.74, 6) is 0.583. The van der Waals surface area contributed by atoms with Gasteiger partial charge in [-0.2, -0.15) is 0 Å². The number of benzene rings is 1. The third-order valence-electron chi connectivity index (χ3n) is 7.04. The molecule has 0 spiro atoms. The zero-order chi connectivity index (χ0) is 21.7. The van der Waals surface area contributed by atoms with Crippen molar-refractivity contribution in [2.75, 3.05) is 10.2 Å². The maximum atomic E-state index is 13.6. The van der Waals surface area contributed by atoms with Gasteiger partial charge in [0.15, 0.2) is 0 Å². The number of anilines is 1. The summed E-state index contributed by atoms with van der Waals surface area (Å²) in [7, 11) is -3.85. The Bertz CT molecular complexity index is 734. The maximum absolute atomic E-state index is 13.6. The summed E-state index contributed by atoms with van der Waals surface area (Å²) in [5.41, 5.74) is 4.75. The van der Waals surface area contributed by atoms with Crippen molar-refractivity contribution in [3.63, 3.8) is 0 Å². The molecule has 2 aliphatic carbocycles. The van der Waals surface area contributed by atoms with E-state index in [4.69, 9.17) is 0 Å². The molecule has 0 aromatic heterocycles. The van der Waals surface area contributed by atoms with Gasteiger partial charge in [0.25, 0.3) is 0 Å². The molecule has 30 heavy (non-hydrogen) atoms. The van der Waals surface area contributed by atoms with Crippen LogP contribution in [-0.2, 0) is 10.0 Å². The van der Waals surface area contributed by atoms with E-state index >= 15 is 0 Å². The first kappa shape index (κ1) is 24.1. The quantitative estimate of drug-likeness (QED) is 0.410. The van der Waals surface area contributed by atoms with Crippen LogP contribution < -0.4 is 4.72 Å². The van der Waals surface area contributed by atoms with Crippen LogP contribution in [0.4, 0.5) is 5.69 Å². The number of rotatable bonds is 8. The van der Waals surface area contributed by atoms with E-state index in [0.717, 1.165) is 16.8 Å². The molecule has 2 saturated carbocycles. The second kappa shape index (κ2) is 10.8. The molecule has 5 heteroatoms. The van der Waals surface area contributed by atoms with Gasteiger partial charge in [-0.3, -0.25) is 4.72 Å². The largest absolute Gasteiger partial charge is 0.283 e. The van der Waals surface area contributed by atoms with Gasteiger partial charge in [0.05, 0.1) is 11.2 Å². The van der Waals surface area contributed by atoms with Crippen LogP contribution in [0.15, 0.2) is 18.2 Å². The topological polar surface area (TPSA) is 46.2 Å². The first-order chi connectivity index (χ1) is 14.3. The van der Waals surface area contributed by atoms with E-state index in [2.05, 4.69) is 50.6 Å². The molecule has 170 valence electrons. The van der Waals surface area contributed by atoms with Crippen molar-refractivity contribution in [2.24, 2.45) is 0 Å². The lowest BCUT2D eigenvalue weighted by atomic mass is 9.93. The Balaban J connectivity index is 1.86. The van der Waals surface area contributed by atoms with Gasteiger partial charge in [0.2, 0.25) is 10.0 Å². The van der Waals surface area contributed by atoms with Gasteiger partial charge in [0.1, 0.15) is 0 Å². The average Bonchev–Trinajstić information content (AvgIpc) is 2.73. The zero-order valence-corrected chi connectivity index (χ0v) is 21.2. The SMILES string of the molecule is CC(C)c1cccc(C(C)C)c1NS(=O)(=O)CP(C1CCCCC1)C1CCCCC1. The van der Waals surface area contributed by atoms with Gasteiger partial charge >= 0.3 is 0 Å². The van der Waals surface area contributed by atoms with Gasteiger partial charge in [-0.15, -0.1) is 0 Å². The highest BCUT2D eigenvalue weighted by Gasteiger charge is 2.34. The predicted octanol–water partition coefficient (Wildman–Crippen LogP) is 7.78. The first-order valence-corrected chi connectivity index (χ1v) is 15.5. The summed E-state index contributed by atoms with van der Waals surface area (Å²) in [6.07, 6.45) is 12.8. The van der Waals surface area contributed by atoms with E-state index in [1.807, 2.05) is 0 Å². The van der Waals surface area contributed by atoms with Gasteiger partial charge in [-0.05, 0) is 60.0 Å². The highest BCUT2D eigenvalue weighted by Crippen LogP contribution is 2.56. The summed E-state index contributed by atoms with van der Waals surface area (Å²) in [6, 6.07) is 6.23. The zero-order valence-electron chi connectivity index (χ0n) is 19.5. The summed E-state index contributed by atoms with van der Waals surface area (Å²) in [6.45, 7) is 8.59. The predicted molar refractivity (Wildman–Crippen MR) is 133 cm³/mol. The molecule has 0 saturated heterocycles. The van der Waals surface area contributed by atoms with Crippen molar-refractivity contribution in [2.45, 2.75) is 115 Å². The van der Waals surface area contributed by atoms with Gasteiger partial charge in [0, 0.05) is 0 Å². The standard InChI is InChI=1S/C25H42NO2PS/c1-19(2)23-16-11-17-24(20(3)4)25(23)26-30(27,28)18-29(21-12-7-5-8-13-21)22-14-9-6-10-15-22/h11,16-17,19-22,26H,5-10,12-15,18H2,1-4H3. The van der Waals surface area contributed by atoms with E-state index in [1.165, 1.54) is 64.2 Å². The fraction of sp³-hybridized carbons (Fsp3) is 0.760. The Kier molecular flexibility index (Phi) is 8.67. The number of hydrogen-bond acceptors (Lipinski definition) is 2. The molecule has 0 bridgehead atoms. The molecule has 0 unspecified atom stereocenters. The Hall–Kier alpha value is -0.600. The van der Waals surface area contributed by atoms with Crippen LogP contribution >= 0.6 is 7.92 Å². The Morgan fingerprint density at radius 2 is 1.27 bits per heavy atom. The number of nitrogens with one attached hydrogen (secondary N) is 1. The molecule has 2 aliphatic rings. The van der Waals surface area contributed by atoms with Crippen LogP contribution in [-0.4, -0.2) is 25.2 Å². The highest BCUT2D eigenvalue weighted by atomic mass is 32.2. The number of para-hydroxylation sites is 1. The molecule has 0 radical (unpaired) electrons. The third kappa shape index (κ3) is 6.22.